The third-order valence-corrected chi connectivity index (χ3v) is 9.57. The van der Waals surface area contributed by atoms with Crippen molar-refractivity contribution in [2.45, 2.75) is 41.4 Å². The second-order valence-corrected chi connectivity index (χ2v) is 11.3. The normalized spacial score (nSPS) is 33.2. The molecule has 3 aliphatic rings. The van der Waals surface area contributed by atoms with Gasteiger partial charge < -0.3 is 5.32 Å². The molecule has 4 rings (SSSR count). The van der Waals surface area contributed by atoms with Gasteiger partial charge in [0.1, 0.15) is 0 Å². The van der Waals surface area contributed by atoms with Crippen molar-refractivity contribution in [3.8, 4) is 0 Å². The Balaban J connectivity index is 1.89. The lowest BCUT2D eigenvalue weighted by Gasteiger charge is -2.66. The maximum absolute atomic E-state index is 13.1. The first kappa shape index (κ1) is 19.7. The summed E-state index contributed by atoms with van der Waals surface area (Å²) in [7, 11) is 0. The molecule has 1 aromatic rings. The number of carbonyl (C=O) groups is 1. The van der Waals surface area contributed by atoms with Gasteiger partial charge in [0.25, 0.3) is 0 Å². The standard InChI is InChI=1S/C17H17Br3F3NO/c1-14(2)15(12(19)20)6-7-16(14,11(15)18)13(25)24-10-5-3-4-9(8-10)17(21,22)23/h3-5,8,11-12H,6-7H2,1-2H3,(H,24,25). The minimum Gasteiger partial charge on any atom is -0.326 e. The van der Waals surface area contributed by atoms with E-state index >= 15 is 0 Å². The molecule has 2 bridgehead atoms. The molecule has 2 nitrogen and oxygen atoms in total. The van der Waals surface area contributed by atoms with Crippen LogP contribution in [0.2, 0.25) is 0 Å². The van der Waals surface area contributed by atoms with Gasteiger partial charge in [-0.25, -0.2) is 0 Å². The molecule has 0 heterocycles. The largest absolute Gasteiger partial charge is 0.416 e. The van der Waals surface area contributed by atoms with Crippen LogP contribution in [-0.2, 0) is 11.0 Å². The highest BCUT2D eigenvalue weighted by Crippen LogP contribution is 2.82. The molecule has 1 amide bonds. The Morgan fingerprint density at radius 1 is 1.28 bits per heavy atom. The molecule has 8 heteroatoms. The number of alkyl halides is 6. The van der Waals surface area contributed by atoms with Crippen molar-refractivity contribution in [1.82, 2.24) is 0 Å². The summed E-state index contributed by atoms with van der Waals surface area (Å²) >= 11 is 10.9. The highest BCUT2D eigenvalue weighted by atomic mass is 79.9. The molecule has 3 aliphatic carbocycles. The molecule has 0 spiro atoms. The summed E-state index contributed by atoms with van der Waals surface area (Å²) in [5.74, 6) is -0.229. The molecule has 0 aromatic heterocycles. The van der Waals surface area contributed by atoms with Crippen molar-refractivity contribution in [2.75, 3.05) is 5.32 Å². The lowest BCUT2D eigenvalue weighted by Crippen LogP contribution is -2.71. The number of carbonyl (C=O) groups excluding carboxylic acids is 1. The number of hydrogen-bond acceptors (Lipinski definition) is 1. The van der Waals surface area contributed by atoms with E-state index in [0.29, 0.717) is 6.42 Å². The average molecular weight is 548 g/mol. The van der Waals surface area contributed by atoms with Crippen LogP contribution in [0.1, 0.15) is 32.3 Å². The van der Waals surface area contributed by atoms with Gasteiger partial charge in [-0.2, -0.15) is 13.2 Å². The second-order valence-electron chi connectivity index (χ2n) is 7.33. The molecule has 3 atom stereocenters. The van der Waals surface area contributed by atoms with E-state index < -0.39 is 17.2 Å². The number of benzene rings is 1. The van der Waals surface area contributed by atoms with Crippen molar-refractivity contribution in [1.29, 1.82) is 0 Å². The molecule has 3 fully saturated rings. The molecule has 1 N–H and O–H groups in total. The van der Waals surface area contributed by atoms with Crippen molar-refractivity contribution >= 4 is 59.4 Å². The Morgan fingerprint density at radius 3 is 2.40 bits per heavy atom. The molecular weight excluding hydrogens is 531 g/mol. The third kappa shape index (κ3) is 2.42. The Hall–Kier alpha value is -0.0800. The highest BCUT2D eigenvalue weighted by molar-refractivity contribution is 9.24. The van der Waals surface area contributed by atoms with Crippen molar-refractivity contribution < 1.29 is 18.0 Å². The fourth-order valence-electron chi connectivity index (χ4n) is 4.71. The molecule has 3 unspecified atom stereocenters. The first-order valence-electron chi connectivity index (χ1n) is 7.82. The van der Waals surface area contributed by atoms with E-state index in [9.17, 15) is 18.0 Å². The number of anilines is 1. The molecule has 0 saturated heterocycles. The second kappa shape index (κ2) is 5.96. The fraction of sp³-hybridized carbons (Fsp3) is 0.588. The summed E-state index contributed by atoms with van der Waals surface area (Å²) in [6.45, 7) is 4.11. The van der Waals surface area contributed by atoms with Crippen LogP contribution in [0, 0.1) is 16.2 Å². The fourth-order valence-corrected chi connectivity index (χ4v) is 9.63. The summed E-state index contributed by atoms with van der Waals surface area (Å²) in [6, 6.07) is 4.76. The predicted octanol–water partition coefficient (Wildman–Crippen LogP) is 6.33. The van der Waals surface area contributed by atoms with E-state index in [4.69, 9.17) is 0 Å². The zero-order chi connectivity index (χ0) is 18.8. The van der Waals surface area contributed by atoms with Crippen molar-refractivity contribution in [3.63, 3.8) is 0 Å². The Morgan fingerprint density at radius 2 is 1.92 bits per heavy atom. The van der Waals surface area contributed by atoms with E-state index in [1.807, 2.05) is 0 Å². The molecular formula is C17H17Br3F3NO. The van der Waals surface area contributed by atoms with Gasteiger partial charge in [-0.3, -0.25) is 4.79 Å². The minimum atomic E-state index is -4.44. The molecule has 0 radical (unpaired) electrons. The van der Waals surface area contributed by atoms with Gasteiger partial charge in [0.2, 0.25) is 5.91 Å². The lowest BCUT2D eigenvalue weighted by molar-refractivity contribution is -0.155. The monoisotopic (exact) mass is 545 g/mol. The van der Waals surface area contributed by atoms with Gasteiger partial charge in [-0.1, -0.05) is 67.7 Å². The first-order chi connectivity index (χ1) is 11.4. The van der Waals surface area contributed by atoms with E-state index in [2.05, 4.69) is 67.0 Å². The number of hydrogen-bond donors (Lipinski definition) is 1. The zero-order valence-electron chi connectivity index (χ0n) is 13.6. The van der Waals surface area contributed by atoms with Gasteiger partial charge in [0.05, 0.1) is 14.7 Å². The van der Waals surface area contributed by atoms with Gasteiger partial charge in [0, 0.05) is 15.9 Å². The van der Waals surface area contributed by atoms with Crippen LogP contribution in [0.15, 0.2) is 24.3 Å². The number of nitrogens with one attached hydrogen (secondary N) is 1. The van der Waals surface area contributed by atoms with Crippen LogP contribution < -0.4 is 5.32 Å². The summed E-state index contributed by atoms with van der Waals surface area (Å²) < 4.78 is 38.7. The van der Waals surface area contributed by atoms with Gasteiger partial charge >= 0.3 is 6.18 Å². The summed E-state index contributed by atoms with van der Waals surface area (Å²) in [4.78, 5) is 13.0. The average Bonchev–Trinajstić information content (AvgIpc) is 2.96. The van der Waals surface area contributed by atoms with Crippen LogP contribution in [0.25, 0.3) is 0 Å². The van der Waals surface area contributed by atoms with Gasteiger partial charge in [0.15, 0.2) is 0 Å². The van der Waals surface area contributed by atoms with Gasteiger partial charge in [-0.05, 0) is 36.5 Å². The van der Waals surface area contributed by atoms with Crippen molar-refractivity contribution in [3.05, 3.63) is 29.8 Å². The molecule has 138 valence electrons. The highest BCUT2D eigenvalue weighted by Gasteiger charge is 2.83. The number of halogens is 6. The smallest absolute Gasteiger partial charge is 0.326 e. The lowest BCUT2D eigenvalue weighted by atomic mass is 9.43. The Kier molecular flexibility index (Phi) is 4.69. The van der Waals surface area contributed by atoms with Crippen LogP contribution in [-0.4, -0.2) is 14.5 Å². The Labute approximate surface area is 169 Å². The van der Waals surface area contributed by atoms with E-state index in [0.717, 1.165) is 18.6 Å². The third-order valence-electron chi connectivity index (χ3n) is 6.34. The molecule has 3 saturated carbocycles. The van der Waals surface area contributed by atoms with Gasteiger partial charge in [-0.15, -0.1) is 0 Å². The minimum absolute atomic E-state index is 0.0452. The number of amides is 1. The topological polar surface area (TPSA) is 29.1 Å². The molecule has 0 aliphatic heterocycles. The summed E-state index contributed by atoms with van der Waals surface area (Å²) in [5.41, 5.74) is -1.69. The van der Waals surface area contributed by atoms with Crippen LogP contribution >= 0.6 is 47.8 Å². The maximum Gasteiger partial charge on any atom is 0.416 e. The number of fused-ring (bicyclic) bond motifs is 1. The zero-order valence-corrected chi connectivity index (χ0v) is 18.3. The van der Waals surface area contributed by atoms with Crippen molar-refractivity contribution in [2.24, 2.45) is 16.2 Å². The number of rotatable bonds is 3. The van der Waals surface area contributed by atoms with Crippen LogP contribution in [0.3, 0.4) is 0 Å². The summed E-state index contributed by atoms with van der Waals surface area (Å²) in [5, 5.41) is 2.72. The van der Waals surface area contributed by atoms with E-state index in [1.165, 1.54) is 12.1 Å². The predicted molar refractivity (Wildman–Crippen MR) is 102 cm³/mol. The van der Waals surface area contributed by atoms with Crippen LogP contribution in [0.4, 0.5) is 18.9 Å². The SMILES string of the molecule is CC1(C)C2(C(=O)Nc3cccc(C(F)(F)F)c3)CCC1(C(Br)Br)C2Br. The first-order valence-corrected chi connectivity index (χ1v) is 10.6. The maximum atomic E-state index is 13.1. The van der Waals surface area contributed by atoms with Crippen LogP contribution in [0.5, 0.6) is 0 Å². The Bertz CT molecular complexity index is 721. The molecule has 25 heavy (non-hydrogen) atoms. The molecule has 1 aromatic carbocycles. The quantitative estimate of drug-likeness (QED) is 0.440. The van der Waals surface area contributed by atoms with E-state index in [1.54, 1.807) is 0 Å². The van der Waals surface area contributed by atoms with E-state index in [-0.39, 0.29) is 31.0 Å². The summed E-state index contributed by atoms with van der Waals surface area (Å²) in [6.07, 6.45) is -2.89.